The average molecular weight is 1090 g/mol. The lowest BCUT2D eigenvalue weighted by molar-refractivity contribution is -0.162. The third-order valence-electron chi connectivity index (χ3n) is 10.5. The molecule has 1 N–H and O–H groups in total. The molecule has 2 aliphatic heterocycles. The largest absolute Gasteiger partial charge is 0.481 e. The quantitative estimate of drug-likeness (QED) is 0.119. The first kappa shape index (κ1) is 65.7. The molecule has 4 amide bonds. The fraction of sp³-hybridized carbons (Fsp3) is 0.643. The molecule has 17 heteroatoms. The Kier molecular flexibility index (Phi) is 25.0. The second kappa shape index (κ2) is 27.8. The molecule has 0 unspecified atom stereocenters. The first-order chi connectivity index (χ1) is 33.1. The number of cyclic esters (lactones) is 2. The van der Waals surface area contributed by atoms with E-state index in [1.54, 1.807) is 62.3 Å². The van der Waals surface area contributed by atoms with Crippen molar-refractivity contribution in [2.45, 2.75) is 186 Å². The highest BCUT2D eigenvalue weighted by atomic mass is 79.9. The Morgan fingerprint density at radius 3 is 1.22 bits per heavy atom. The number of hydrogen-bond donors (Lipinski definition) is 1. The van der Waals surface area contributed by atoms with E-state index in [-0.39, 0.29) is 72.3 Å². The van der Waals surface area contributed by atoms with E-state index >= 15 is 0 Å². The van der Waals surface area contributed by atoms with Crippen LogP contribution in [0.3, 0.4) is 0 Å². The number of imide groups is 2. The molecule has 2 aromatic carbocycles. The van der Waals surface area contributed by atoms with Gasteiger partial charge in [0.15, 0.2) is 0 Å². The summed E-state index contributed by atoms with van der Waals surface area (Å²) in [5, 5.41) is 9.32. The first-order valence-electron chi connectivity index (χ1n) is 24.6. The number of nitrogens with zero attached hydrogens (tertiary/aromatic N) is 2. The van der Waals surface area contributed by atoms with Gasteiger partial charge in [-0.05, 0) is 103 Å². The van der Waals surface area contributed by atoms with Crippen molar-refractivity contribution < 1.29 is 67.1 Å². The van der Waals surface area contributed by atoms with Crippen LogP contribution in [0, 0.1) is 28.1 Å². The van der Waals surface area contributed by atoms with Crippen molar-refractivity contribution in [2.75, 3.05) is 18.5 Å². The number of hydrogen-bond acceptors (Lipinski definition) is 13. The monoisotopic (exact) mass is 1090 g/mol. The molecule has 2 aliphatic rings. The number of carboxylic acids is 1. The van der Waals surface area contributed by atoms with Crippen molar-refractivity contribution in [3.8, 4) is 0 Å². The van der Waals surface area contributed by atoms with Gasteiger partial charge in [-0.15, -0.1) is 0 Å². The number of alkyl halides is 1. The van der Waals surface area contributed by atoms with Crippen LogP contribution in [-0.2, 0) is 65.3 Å². The number of halogens is 1. The molecule has 0 aliphatic carbocycles. The molecule has 2 heterocycles. The van der Waals surface area contributed by atoms with E-state index in [4.69, 9.17) is 28.8 Å². The minimum absolute atomic E-state index is 0.0819. The van der Waals surface area contributed by atoms with Gasteiger partial charge in [-0.3, -0.25) is 28.8 Å². The van der Waals surface area contributed by atoms with E-state index in [9.17, 15) is 38.4 Å². The van der Waals surface area contributed by atoms with E-state index in [1.807, 2.05) is 123 Å². The van der Waals surface area contributed by atoms with Crippen molar-refractivity contribution in [3.05, 3.63) is 71.8 Å². The smallest absolute Gasteiger partial charge is 0.416 e. The number of carbonyl (C=O) groups is 8. The van der Waals surface area contributed by atoms with E-state index in [1.165, 1.54) is 9.80 Å². The Labute approximate surface area is 443 Å². The second-order valence-corrected chi connectivity index (χ2v) is 25.1. The number of ether oxygens (including phenoxy) is 5. The minimum Gasteiger partial charge on any atom is -0.481 e. The molecule has 73 heavy (non-hydrogen) atoms. The third kappa shape index (κ3) is 26.5. The second-order valence-electron chi connectivity index (χ2n) is 24.5. The van der Waals surface area contributed by atoms with Crippen LogP contribution in [0.2, 0.25) is 0 Å². The molecular weight excluding hydrogens is 1000 g/mol. The lowest BCUT2D eigenvalue weighted by Gasteiger charge is -2.33. The molecule has 2 aromatic rings. The zero-order chi connectivity index (χ0) is 56.5. The van der Waals surface area contributed by atoms with Crippen molar-refractivity contribution in [2.24, 2.45) is 28.1 Å². The highest BCUT2D eigenvalue weighted by molar-refractivity contribution is 9.09. The van der Waals surface area contributed by atoms with Gasteiger partial charge < -0.3 is 28.8 Å². The van der Waals surface area contributed by atoms with Gasteiger partial charge in [0.2, 0.25) is 11.8 Å². The fourth-order valence-corrected chi connectivity index (χ4v) is 7.39. The van der Waals surface area contributed by atoms with Crippen LogP contribution in [0.25, 0.3) is 0 Å². The van der Waals surface area contributed by atoms with Gasteiger partial charge in [0.25, 0.3) is 0 Å². The van der Waals surface area contributed by atoms with E-state index in [0.717, 1.165) is 11.1 Å². The molecule has 4 rings (SSSR count). The Morgan fingerprint density at radius 2 is 0.904 bits per heavy atom. The zero-order valence-electron chi connectivity index (χ0n) is 46.8. The molecular formula is C56H85BrN2O14. The van der Waals surface area contributed by atoms with Gasteiger partial charge >= 0.3 is 36.1 Å². The Bertz CT molecular complexity index is 2140. The number of benzene rings is 2. The van der Waals surface area contributed by atoms with Crippen molar-refractivity contribution in [3.63, 3.8) is 0 Å². The molecule has 0 spiro atoms. The van der Waals surface area contributed by atoms with E-state index < -0.39 is 64.0 Å². The Balaban J connectivity index is 0.000000522. The predicted octanol–water partition coefficient (Wildman–Crippen LogP) is 11.2. The van der Waals surface area contributed by atoms with Gasteiger partial charge in [-0.1, -0.05) is 139 Å². The molecule has 2 fully saturated rings. The van der Waals surface area contributed by atoms with Crippen molar-refractivity contribution >= 4 is 63.8 Å². The summed E-state index contributed by atoms with van der Waals surface area (Å²) in [4.78, 5) is 97.7. The van der Waals surface area contributed by atoms with Gasteiger partial charge in [0.1, 0.15) is 35.3 Å². The van der Waals surface area contributed by atoms with Crippen molar-refractivity contribution in [1.29, 1.82) is 0 Å². The SMILES string of the molecule is CC(C)(C)CC(=O)N1C(=O)OC[C@@H]1Cc1ccccc1.CC(C)(C)OC(=O)CBr.CC(C)(C)OC(=O)C[C@@H](C(=O)N1C(=O)OC[C@@H]1Cc1ccccc1)C(C)(C)C.CC(C)(C)OC(=O)C[C@@H](C(=O)O)C(C)(C)C. The third-order valence-corrected chi connectivity index (χ3v) is 11.0. The predicted molar refractivity (Wildman–Crippen MR) is 282 cm³/mol. The zero-order valence-corrected chi connectivity index (χ0v) is 48.4. The summed E-state index contributed by atoms with van der Waals surface area (Å²) in [6.45, 7) is 33.6. The Morgan fingerprint density at radius 1 is 0.562 bits per heavy atom. The minimum atomic E-state index is -0.960. The van der Waals surface area contributed by atoms with Crippen LogP contribution in [0.1, 0.15) is 155 Å². The summed E-state index contributed by atoms with van der Waals surface area (Å²) in [6.07, 6.45) is 0.166. The fourth-order valence-electron chi connectivity index (χ4n) is 7.27. The van der Waals surface area contributed by atoms with E-state index in [2.05, 4.69) is 15.9 Å². The van der Waals surface area contributed by atoms with Crippen molar-refractivity contribution in [1.82, 2.24) is 9.80 Å². The average Bonchev–Trinajstić information content (AvgIpc) is 3.76. The maximum Gasteiger partial charge on any atom is 0.416 e. The maximum atomic E-state index is 13.3. The van der Waals surface area contributed by atoms with Crippen LogP contribution in [0.15, 0.2) is 60.7 Å². The van der Waals surface area contributed by atoms with Crippen LogP contribution >= 0.6 is 15.9 Å². The highest BCUT2D eigenvalue weighted by Crippen LogP contribution is 2.34. The topological polar surface area (TPSA) is 209 Å². The number of carbonyl (C=O) groups excluding carboxylic acids is 7. The summed E-state index contributed by atoms with van der Waals surface area (Å²) < 4.78 is 25.6. The number of rotatable bonds is 12. The summed E-state index contributed by atoms with van der Waals surface area (Å²) >= 11 is 2.99. The van der Waals surface area contributed by atoms with Crippen LogP contribution in [0.4, 0.5) is 9.59 Å². The molecule has 0 bridgehead atoms. The molecule has 0 aromatic heterocycles. The van der Waals surface area contributed by atoms with Gasteiger partial charge in [-0.25, -0.2) is 19.4 Å². The number of amides is 4. The molecule has 410 valence electrons. The number of esters is 3. The normalized spacial score (nSPS) is 16.9. The summed E-state index contributed by atoms with van der Waals surface area (Å²) in [7, 11) is 0. The number of aliphatic carboxylic acids is 1. The lowest BCUT2D eigenvalue weighted by atomic mass is 9.77. The molecule has 2 saturated heterocycles. The summed E-state index contributed by atoms with van der Waals surface area (Å²) in [5.74, 6) is -4.04. The summed E-state index contributed by atoms with van der Waals surface area (Å²) in [6, 6.07) is 18.9. The Hall–Kier alpha value is -5.32. The summed E-state index contributed by atoms with van der Waals surface area (Å²) in [5.41, 5.74) is -0.561. The molecule has 16 nitrogen and oxygen atoms in total. The lowest BCUT2D eigenvalue weighted by Crippen LogP contribution is -2.47. The van der Waals surface area contributed by atoms with Crippen LogP contribution < -0.4 is 0 Å². The molecule has 0 radical (unpaired) electrons. The first-order valence-corrected chi connectivity index (χ1v) is 25.8. The molecule has 4 atom stereocenters. The van der Waals surface area contributed by atoms with Gasteiger partial charge in [0, 0.05) is 6.42 Å². The standard InChI is InChI=1S/C22H31NO5.C16H21NO3.C12H22O4.C6H11BrO2/c1-21(2,3)17(13-18(24)28-22(4,5)6)19(25)23-16(14-27-20(23)26)12-15-10-8-7-9-11-15;1-16(2,3)10-14(18)17-13(11-20-15(17)19)9-12-7-5-4-6-8-12;1-11(2,3)8(10(14)15)7-9(13)16-12(4,5)6;1-6(2,3)9-5(8)4-7/h7-11,16-17H,12-14H2,1-6H3;4-8,13H,9-11H2,1-3H3;8H,7H2,1-6H3,(H,14,15);4H2,1-3H3/t16-,17-;13-;8-;/m000./s1. The van der Waals surface area contributed by atoms with Gasteiger partial charge in [0.05, 0.1) is 36.8 Å². The van der Waals surface area contributed by atoms with Crippen LogP contribution in [-0.4, -0.2) is 110 Å². The van der Waals surface area contributed by atoms with Gasteiger partial charge in [-0.2, -0.15) is 0 Å². The number of carboxylic acid groups (broad SMARTS) is 1. The highest BCUT2D eigenvalue weighted by Gasteiger charge is 2.45. The van der Waals surface area contributed by atoms with E-state index in [0.29, 0.717) is 19.3 Å². The van der Waals surface area contributed by atoms with Crippen LogP contribution in [0.5, 0.6) is 0 Å². The molecule has 0 saturated carbocycles. The maximum absolute atomic E-state index is 13.3.